The average molecular weight is 378 g/mol. The molecule has 2 aromatic rings. The van der Waals surface area contributed by atoms with Crippen molar-refractivity contribution in [3.63, 3.8) is 0 Å². The SMILES string of the molecule is Cc1c(C(=O)NCC(C(C)C)N2CCN(C)CC2)oc2c(Cl)cccc12. The van der Waals surface area contributed by atoms with E-state index in [1.54, 1.807) is 6.07 Å². The fraction of sp³-hybridized carbons (Fsp3) is 0.550. The number of rotatable bonds is 5. The van der Waals surface area contributed by atoms with Crippen LogP contribution < -0.4 is 5.32 Å². The minimum absolute atomic E-state index is 0.172. The molecule has 0 radical (unpaired) electrons. The molecule has 1 aliphatic rings. The Bertz CT molecular complexity index is 779. The highest BCUT2D eigenvalue weighted by atomic mass is 35.5. The van der Waals surface area contributed by atoms with Crippen LogP contribution in [0.15, 0.2) is 22.6 Å². The number of aryl methyl sites for hydroxylation is 1. The first-order valence-electron chi connectivity index (χ1n) is 9.27. The Balaban J connectivity index is 1.71. The number of amides is 1. The van der Waals surface area contributed by atoms with Gasteiger partial charge in [0.15, 0.2) is 11.3 Å². The molecule has 0 spiro atoms. The first-order chi connectivity index (χ1) is 12.4. The second kappa shape index (κ2) is 7.99. The Morgan fingerprint density at radius 2 is 1.96 bits per heavy atom. The standard InChI is InChI=1S/C20H28ClN3O2/c1-13(2)17(24-10-8-23(4)9-11-24)12-22-20(25)18-14(3)15-6-5-7-16(21)19(15)26-18/h5-7,13,17H,8-12H2,1-4H3,(H,22,25). The van der Waals surface area contributed by atoms with Crippen molar-refractivity contribution in [2.45, 2.75) is 26.8 Å². The summed E-state index contributed by atoms with van der Waals surface area (Å²) in [7, 11) is 2.15. The molecule has 6 heteroatoms. The number of nitrogens with zero attached hydrogens (tertiary/aromatic N) is 2. The van der Waals surface area contributed by atoms with E-state index in [0.29, 0.717) is 34.9 Å². The number of furan rings is 1. The van der Waals surface area contributed by atoms with Crippen molar-refractivity contribution >= 4 is 28.5 Å². The lowest BCUT2D eigenvalue weighted by molar-refractivity contribution is 0.0777. The van der Waals surface area contributed by atoms with Crippen LogP contribution in [-0.4, -0.2) is 61.5 Å². The maximum Gasteiger partial charge on any atom is 0.287 e. The van der Waals surface area contributed by atoms with Gasteiger partial charge in [0, 0.05) is 49.7 Å². The van der Waals surface area contributed by atoms with Gasteiger partial charge in [0.1, 0.15) is 0 Å². The lowest BCUT2D eigenvalue weighted by Crippen LogP contribution is -2.54. The Kier molecular flexibility index (Phi) is 5.90. The van der Waals surface area contributed by atoms with E-state index in [9.17, 15) is 4.79 Å². The van der Waals surface area contributed by atoms with Crippen molar-refractivity contribution in [2.75, 3.05) is 39.8 Å². The van der Waals surface area contributed by atoms with Gasteiger partial charge in [0.05, 0.1) is 5.02 Å². The zero-order valence-electron chi connectivity index (χ0n) is 16.0. The van der Waals surface area contributed by atoms with E-state index in [-0.39, 0.29) is 5.91 Å². The molecule has 1 amide bonds. The third-order valence-corrected chi connectivity index (χ3v) is 5.67. The molecule has 1 aliphatic heterocycles. The molecule has 2 heterocycles. The van der Waals surface area contributed by atoms with Crippen LogP contribution in [-0.2, 0) is 0 Å². The molecular weight excluding hydrogens is 350 g/mol. The molecule has 142 valence electrons. The van der Waals surface area contributed by atoms with E-state index in [1.165, 1.54) is 0 Å². The number of hydrogen-bond donors (Lipinski definition) is 1. The van der Waals surface area contributed by atoms with Crippen LogP contribution in [0.4, 0.5) is 0 Å². The maximum absolute atomic E-state index is 12.7. The van der Waals surface area contributed by atoms with Gasteiger partial charge in [0.2, 0.25) is 0 Å². The van der Waals surface area contributed by atoms with Gasteiger partial charge in [-0.3, -0.25) is 9.69 Å². The Hall–Kier alpha value is -1.56. The summed E-state index contributed by atoms with van der Waals surface area (Å²) in [5.74, 6) is 0.647. The molecule has 1 unspecified atom stereocenters. The molecule has 3 rings (SSSR count). The summed E-state index contributed by atoms with van der Waals surface area (Å²) in [5.41, 5.74) is 1.41. The largest absolute Gasteiger partial charge is 0.449 e. The molecule has 0 aliphatic carbocycles. The predicted octanol–water partition coefficient (Wildman–Crippen LogP) is 3.40. The van der Waals surface area contributed by atoms with E-state index in [1.807, 2.05) is 19.1 Å². The molecule has 1 aromatic carbocycles. The van der Waals surface area contributed by atoms with Crippen molar-refractivity contribution < 1.29 is 9.21 Å². The zero-order chi connectivity index (χ0) is 18.8. The quantitative estimate of drug-likeness (QED) is 0.867. The number of carbonyl (C=O) groups excluding carboxylic acids is 1. The highest BCUT2D eigenvalue weighted by molar-refractivity contribution is 6.35. The molecule has 0 saturated carbocycles. The van der Waals surface area contributed by atoms with E-state index in [0.717, 1.165) is 37.1 Å². The average Bonchev–Trinajstić information content (AvgIpc) is 2.95. The van der Waals surface area contributed by atoms with Crippen LogP contribution in [0.2, 0.25) is 5.02 Å². The lowest BCUT2D eigenvalue weighted by Gasteiger charge is -2.39. The number of nitrogens with one attached hydrogen (secondary N) is 1. The van der Waals surface area contributed by atoms with Gasteiger partial charge in [-0.15, -0.1) is 0 Å². The first-order valence-corrected chi connectivity index (χ1v) is 9.64. The molecule has 26 heavy (non-hydrogen) atoms. The minimum atomic E-state index is -0.172. The van der Waals surface area contributed by atoms with Crippen LogP contribution in [0.3, 0.4) is 0 Å². The van der Waals surface area contributed by atoms with Crippen LogP contribution in [0.25, 0.3) is 11.0 Å². The Morgan fingerprint density at radius 1 is 1.27 bits per heavy atom. The van der Waals surface area contributed by atoms with Crippen molar-refractivity contribution in [1.29, 1.82) is 0 Å². The molecule has 1 N–H and O–H groups in total. The first kappa shape index (κ1) is 19.2. The van der Waals surface area contributed by atoms with E-state index >= 15 is 0 Å². The highest BCUT2D eigenvalue weighted by Gasteiger charge is 2.26. The van der Waals surface area contributed by atoms with Crippen molar-refractivity contribution in [2.24, 2.45) is 5.92 Å². The zero-order valence-corrected chi connectivity index (χ0v) is 16.8. The van der Waals surface area contributed by atoms with Gasteiger partial charge >= 0.3 is 0 Å². The maximum atomic E-state index is 12.7. The number of likely N-dealkylation sites (N-methyl/N-ethyl adjacent to an activating group) is 1. The second-order valence-electron chi connectivity index (χ2n) is 7.53. The minimum Gasteiger partial charge on any atom is -0.449 e. The number of halogens is 1. The Morgan fingerprint density at radius 3 is 2.58 bits per heavy atom. The van der Waals surface area contributed by atoms with E-state index in [4.69, 9.17) is 16.0 Å². The molecule has 1 saturated heterocycles. The van der Waals surface area contributed by atoms with Gasteiger partial charge < -0.3 is 14.6 Å². The molecule has 1 atom stereocenters. The highest BCUT2D eigenvalue weighted by Crippen LogP contribution is 2.30. The molecule has 1 aromatic heterocycles. The van der Waals surface area contributed by atoms with E-state index < -0.39 is 0 Å². The van der Waals surface area contributed by atoms with E-state index in [2.05, 4.69) is 36.0 Å². The summed E-state index contributed by atoms with van der Waals surface area (Å²) < 4.78 is 5.78. The topological polar surface area (TPSA) is 48.7 Å². The van der Waals surface area contributed by atoms with Gasteiger partial charge in [-0.05, 0) is 26.0 Å². The van der Waals surface area contributed by atoms with Gasteiger partial charge in [0.25, 0.3) is 5.91 Å². The summed E-state index contributed by atoms with van der Waals surface area (Å²) >= 11 is 6.19. The van der Waals surface area contributed by atoms with Crippen LogP contribution in [0, 0.1) is 12.8 Å². The van der Waals surface area contributed by atoms with Crippen molar-refractivity contribution in [3.8, 4) is 0 Å². The summed E-state index contributed by atoms with van der Waals surface area (Å²) in [5, 5.41) is 4.50. The molecular formula is C20H28ClN3O2. The van der Waals surface area contributed by atoms with Gasteiger partial charge in [-0.2, -0.15) is 0 Å². The Labute approximate surface area is 160 Å². The molecule has 0 bridgehead atoms. The van der Waals surface area contributed by atoms with Crippen LogP contribution in [0.1, 0.15) is 30.0 Å². The third kappa shape index (κ3) is 3.90. The fourth-order valence-electron chi connectivity index (χ4n) is 3.64. The van der Waals surface area contributed by atoms with Crippen LogP contribution >= 0.6 is 11.6 Å². The van der Waals surface area contributed by atoms with Crippen molar-refractivity contribution in [3.05, 3.63) is 34.5 Å². The summed E-state index contributed by atoms with van der Waals surface area (Å²) in [6.45, 7) is 11.1. The van der Waals surface area contributed by atoms with Crippen LogP contribution in [0.5, 0.6) is 0 Å². The normalized spacial score (nSPS) is 17.8. The third-order valence-electron chi connectivity index (χ3n) is 5.37. The second-order valence-corrected chi connectivity index (χ2v) is 7.94. The smallest absolute Gasteiger partial charge is 0.287 e. The summed E-state index contributed by atoms with van der Waals surface area (Å²) in [6, 6.07) is 5.90. The number of fused-ring (bicyclic) bond motifs is 1. The summed E-state index contributed by atoms with van der Waals surface area (Å²) in [4.78, 5) is 17.6. The number of carbonyl (C=O) groups is 1. The monoisotopic (exact) mass is 377 g/mol. The predicted molar refractivity (Wildman–Crippen MR) is 106 cm³/mol. The number of hydrogen-bond acceptors (Lipinski definition) is 4. The number of para-hydroxylation sites is 1. The molecule has 5 nitrogen and oxygen atoms in total. The van der Waals surface area contributed by atoms with Gasteiger partial charge in [-0.25, -0.2) is 0 Å². The molecule has 1 fully saturated rings. The number of benzene rings is 1. The summed E-state index contributed by atoms with van der Waals surface area (Å²) in [6.07, 6.45) is 0. The number of piperazine rings is 1. The van der Waals surface area contributed by atoms with Crippen molar-refractivity contribution in [1.82, 2.24) is 15.1 Å². The lowest BCUT2D eigenvalue weighted by atomic mass is 10.0. The fourth-order valence-corrected chi connectivity index (χ4v) is 3.86. The van der Waals surface area contributed by atoms with Gasteiger partial charge in [-0.1, -0.05) is 37.6 Å².